The van der Waals surface area contributed by atoms with Crippen molar-refractivity contribution in [3.8, 4) is 0 Å². The number of pyridine rings is 1. The van der Waals surface area contributed by atoms with E-state index in [-0.39, 0.29) is 18.4 Å². The lowest BCUT2D eigenvalue weighted by Gasteiger charge is -2.47. The van der Waals surface area contributed by atoms with Crippen LogP contribution < -0.4 is 4.90 Å². The zero-order valence-corrected chi connectivity index (χ0v) is 14.8. The van der Waals surface area contributed by atoms with Crippen LogP contribution in [0.1, 0.15) is 23.2 Å². The number of benzene rings is 1. The van der Waals surface area contributed by atoms with Crippen LogP contribution in [0.15, 0.2) is 48.8 Å². The van der Waals surface area contributed by atoms with Gasteiger partial charge in [0.15, 0.2) is 0 Å². The summed E-state index contributed by atoms with van der Waals surface area (Å²) >= 11 is 0. The van der Waals surface area contributed by atoms with Crippen LogP contribution in [0.25, 0.3) is 0 Å². The van der Waals surface area contributed by atoms with Crippen LogP contribution in [0.4, 0.5) is 10.1 Å². The Morgan fingerprint density at radius 3 is 2.89 bits per heavy atom. The highest BCUT2D eigenvalue weighted by molar-refractivity contribution is 5.96. The second-order valence-corrected chi connectivity index (χ2v) is 7.00. The fourth-order valence-corrected chi connectivity index (χ4v) is 3.78. The fourth-order valence-electron chi connectivity index (χ4n) is 3.78. The van der Waals surface area contributed by atoms with Crippen molar-refractivity contribution in [2.24, 2.45) is 0 Å². The molecular formula is C20H20FN3O3. The number of ether oxygens (including phenoxy) is 1. The van der Waals surface area contributed by atoms with Gasteiger partial charge in [-0.25, -0.2) is 4.39 Å². The van der Waals surface area contributed by atoms with E-state index < -0.39 is 11.4 Å². The molecule has 7 heteroatoms. The Labute approximate surface area is 156 Å². The number of morpholine rings is 1. The highest BCUT2D eigenvalue weighted by Gasteiger charge is 2.44. The predicted octanol–water partition coefficient (Wildman–Crippen LogP) is 2.26. The van der Waals surface area contributed by atoms with Gasteiger partial charge in [0.1, 0.15) is 18.0 Å². The molecule has 6 nitrogen and oxygen atoms in total. The molecule has 4 rings (SSSR count). The molecule has 1 atom stereocenters. The molecule has 1 unspecified atom stereocenters. The quantitative estimate of drug-likeness (QED) is 0.815. The number of carbonyl (C=O) groups excluding carboxylic acids is 2. The molecule has 2 amide bonds. The Balaban J connectivity index is 1.55. The molecule has 2 aromatic rings. The Hall–Kier alpha value is -2.80. The maximum absolute atomic E-state index is 13.6. The van der Waals surface area contributed by atoms with Crippen molar-refractivity contribution in [2.45, 2.75) is 18.4 Å². The maximum Gasteiger partial charge on any atom is 0.255 e. The van der Waals surface area contributed by atoms with Crippen LogP contribution in [0, 0.1) is 5.82 Å². The monoisotopic (exact) mass is 369 g/mol. The SMILES string of the molecule is O=C(c1cccnc1)N1CCCC2(C1)CN(c1cccc(F)c1)C(=O)CO2. The van der Waals surface area contributed by atoms with Crippen LogP contribution in [0.5, 0.6) is 0 Å². The summed E-state index contributed by atoms with van der Waals surface area (Å²) in [6, 6.07) is 9.45. The van der Waals surface area contributed by atoms with Gasteiger partial charge in [0.2, 0.25) is 0 Å². The van der Waals surface area contributed by atoms with Gasteiger partial charge in [-0.3, -0.25) is 14.6 Å². The number of anilines is 1. The number of nitrogens with zero attached hydrogens (tertiary/aromatic N) is 3. The molecule has 0 radical (unpaired) electrons. The summed E-state index contributed by atoms with van der Waals surface area (Å²) in [5, 5.41) is 0. The molecule has 27 heavy (non-hydrogen) atoms. The van der Waals surface area contributed by atoms with Crippen molar-refractivity contribution in [2.75, 3.05) is 31.1 Å². The van der Waals surface area contributed by atoms with Crippen LogP contribution in [-0.2, 0) is 9.53 Å². The summed E-state index contributed by atoms with van der Waals surface area (Å²) in [5.74, 6) is -0.695. The third-order valence-electron chi connectivity index (χ3n) is 5.10. The summed E-state index contributed by atoms with van der Waals surface area (Å²) in [6.07, 6.45) is 4.69. The number of likely N-dealkylation sites (tertiary alicyclic amines) is 1. The number of hydrogen-bond donors (Lipinski definition) is 0. The lowest BCUT2D eigenvalue weighted by molar-refractivity contribution is -0.144. The molecule has 140 valence electrons. The highest BCUT2D eigenvalue weighted by atomic mass is 19.1. The Bertz CT molecular complexity index is 861. The number of aromatic nitrogens is 1. The number of piperidine rings is 1. The summed E-state index contributed by atoms with van der Waals surface area (Å²) < 4.78 is 19.5. The van der Waals surface area contributed by atoms with Gasteiger partial charge < -0.3 is 14.5 Å². The van der Waals surface area contributed by atoms with Gasteiger partial charge >= 0.3 is 0 Å². The number of carbonyl (C=O) groups is 2. The van der Waals surface area contributed by atoms with Crippen molar-refractivity contribution >= 4 is 17.5 Å². The topological polar surface area (TPSA) is 62.7 Å². The maximum atomic E-state index is 13.6. The number of rotatable bonds is 2. The van der Waals surface area contributed by atoms with E-state index in [1.165, 1.54) is 12.1 Å². The normalized spacial score (nSPS) is 22.9. The van der Waals surface area contributed by atoms with E-state index in [4.69, 9.17) is 4.74 Å². The lowest BCUT2D eigenvalue weighted by Crippen LogP contribution is -2.62. The fraction of sp³-hybridized carbons (Fsp3) is 0.350. The molecule has 0 saturated carbocycles. The van der Waals surface area contributed by atoms with Gasteiger partial charge in [-0.2, -0.15) is 0 Å². The summed E-state index contributed by atoms with van der Waals surface area (Å²) in [7, 11) is 0. The summed E-state index contributed by atoms with van der Waals surface area (Å²) in [4.78, 5) is 32.5. The molecule has 1 aromatic carbocycles. The molecule has 0 bridgehead atoms. The summed E-state index contributed by atoms with van der Waals surface area (Å²) in [6.45, 7) is 1.24. The third-order valence-corrected chi connectivity index (χ3v) is 5.10. The molecule has 2 saturated heterocycles. The minimum absolute atomic E-state index is 0.0779. The molecule has 2 fully saturated rings. The van der Waals surface area contributed by atoms with Crippen molar-refractivity contribution < 1.29 is 18.7 Å². The van der Waals surface area contributed by atoms with E-state index in [0.717, 1.165) is 12.8 Å². The van der Waals surface area contributed by atoms with E-state index in [9.17, 15) is 14.0 Å². The number of amides is 2. The van der Waals surface area contributed by atoms with Gasteiger partial charge in [0.05, 0.1) is 18.7 Å². The van der Waals surface area contributed by atoms with Gasteiger partial charge in [-0.05, 0) is 43.2 Å². The van der Waals surface area contributed by atoms with Crippen LogP contribution in [0.3, 0.4) is 0 Å². The van der Waals surface area contributed by atoms with Crippen molar-refractivity contribution in [1.29, 1.82) is 0 Å². The zero-order valence-electron chi connectivity index (χ0n) is 14.8. The van der Waals surface area contributed by atoms with Crippen LogP contribution in [-0.4, -0.2) is 53.5 Å². The van der Waals surface area contributed by atoms with E-state index >= 15 is 0 Å². The largest absolute Gasteiger partial charge is 0.361 e. The lowest BCUT2D eigenvalue weighted by atomic mass is 9.90. The average Bonchev–Trinajstić information content (AvgIpc) is 2.70. The van der Waals surface area contributed by atoms with Gasteiger partial charge in [-0.1, -0.05) is 6.07 Å². The first-order valence-electron chi connectivity index (χ1n) is 8.96. The minimum atomic E-state index is -0.643. The smallest absolute Gasteiger partial charge is 0.255 e. The molecule has 1 aromatic heterocycles. The first-order valence-corrected chi connectivity index (χ1v) is 8.96. The van der Waals surface area contributed by atoms with Crippen molar-refractivity contribution in [3.05, 3.63) is 60.2 Å². The van der Waals surface area contributed by atoms with E-state index in [1.807, 2.05) is 0 Å². The molecular weight excluding hydrogens is 349 g/mol. The van der Waals surface area contributed by atoms with Crippen molar-refractivity contribution in [3.63, 3.8) is 0 Å². The van der Waals surface area contributed by atoms with Gasteiger partial charge in [-0.15, -0.1) is 0 Å². The van der Waals surface area contributed by atoms with Crippen LogP contribution in [0.2, 0.25) is 0 Å². The van der Waals surface area contributed by atoms with Gasteiger partial charge in [0, 0.05) is 24.6 Å². The first-order chi connectivity index (χ1) is 13.1. The molecule has 1 spiro atoms. The van der Waals surface area contributed by atoms with E-state index in [2.05, 4.69) is 4.98 Å². The predicted molar refractivity (Wildman–Crippen MR) is 96.8 cm³/mol. The zero-order chi connectivity index (χ0) is 18.9. The Kier molecular flexibility index (Phi) is 4.61. The average molecular weight is 369 g/mol. The second kappa shape index (κ2) is 7.08. The third kappa shape index (κ3) is 3.55. The number of halogens is 1. The molecule has 0 N–H and O–H groups in total. The molecule has 2 aliphatic rings. The molecule has 2 aliphatic heterocycles. The Morgan fingerprint density at radius 2 is 2.11 bits per heavy atom. The Morgan fingerprint density at radius 1 is 1.22 bits per heavy atom. The van der Waals surface area contributed by atoms with Crippen molar-refractivity contribution in [1.82, 2.24) is 9.88 Å². The van der Waals surface area contributed by atoms with E-state index in [1.54, 1.807) is 46.5 Å². The molecule has 0 aliphatic carbocycles. The summed E-state index contributed by atoms with van der Waals surface area (Å²) in [5.41, 5.74) is 0.401. The number of hydrogen-bond acceptors (Lipinski definition) is 4. The first kappa shape index (κ1) is 17.6. The minimum Gasteiger partial charge on any atom is -0.361 e. The van der Waals surface area contributed by atoms with Gasteiger partial charge in [0.25, 0.3) is 11.8 Å². The highest BCUT2D eigenvalue weighted by Crippen LogP contribution is 2.32. The second-order valence-electron chi connectivity index (χ2n) is 7.00. The van der Waals surface area contributed by atoms with E-state index in [0.29, 0.717) is 30.9 Å². The molecule has 3 heterocycles. The standard InChI is InChI=1S/C20H20FN3O3/c21-16-5-1-6-17(10-16)24-14-20(27-12-18(24)25)7-3-9-23(13-20)19(26)15-4-2-8-22-11-15/h1-2,4-6,8,10-11H,3,7,9,12-14H2. The van der Waals surface area contributed by atoms with Crippen LogP contribution >= 0.6 is 0 Å².